The Labute approximate surface area is 145 Å². The van der Waals surface area contributed by atoms with Crippen LogP contribution in [-0.4, -0.2) is 65.9 Å². The predicted molar refractivity (Wildman–Crippen MR) is 95.4 cm³/mol. The minimum atomic E-state index is -0.0977. The van der Waals surface area contributed by atoms with Gasteiger partial charge in [-0.1, -0.05) is 12.1 Å². The lowest BCUT2D eigenvalue weighted by Gasteiger charge is -2.38. The van der Waals surface area contributed by atoms with Crippen LogP contribution >= 0.6 is 0 Å². The van der Waals surface area contributed by atoms with Crippen molar-refractivity contribution in [2.24, 2.45) is 0 Å². The van der Waals surface area contributed by atoms with Crippen molar-refractivity contribution < 1.29 is 4.79 Å². The Morgan fingerprint density at radius 3 is 2.25 bits per heavy atom. The second-order valence-corrected chi connectivity index (χ2v) is 6.88. The van der Waals surface area contributed by atoms with Crippen LogP contribution in [0.4, 0.5) is 0 Å². The zero-order valence-electron chi connectivity index (χ0n) is 15.2. The molecule has 0 radical (unpaired) electrons. The number of rotatable bonds is 5. The molecule has 0 aliphatic carbocycles. The zero-order chi connectivity index (χ0) is 17.7. The van der Waals surface area contributed by atoms with E-state index in [0.29, 0.717) is 12.1 Å². The van der Waals surface area contributed by atoms with Crippen LogP contribution < -0.4 is 0 Å². The summed E-state index contributed by atoms with van der Waals surface area (Å²) in [6.45, 7) is 10.6. The number of hydrogen-bond acceptors (Lipinski definition) is 4. The lowest BCUT2D eigenvalue weighted by molar-refractivity contribution is -0.139. The van der Waals surface area contributed by atoms with Crippen LogP contribution in [0.25, 0.3) is 0 Å². The van der Waals surface area contributed by atoms with Gasteiger partial charge in [-0.3, -0.25) is 9.69 Å². The van der Waals surface area contributed by atoms with Gasteiger partial charge < -0.3 is 9.80 Å². The van der Waals surface area contributed by atoms with Gasteiger partial charge in [0.25, 0.3) is 0 Å². The Balaban J connectivity index is 2.05. The van der Waals surface area contributed by atoms with Gasteiger partial charge in [0.2, 0.25) is 5.91 Å². The molecule has 5 nitrogen and oxygen atoms in total. The molecule has 5 heteroatoms. The molecule has 1 amide bonds. The van der Waals surface area contributed by atoms with Crippen molar-refractivity contribution >= 4 is 5.91 Å². The summed E-state index contributed by atoms with van der Waals surface area (Å²) in [5.41, 5.74) is 1.70. The molecule has 2 rings (SSSR count). The van der Waals surface area contributed by atoms with Gasteiger partial charge >= 0.3 is 0 Å². The topological polar surface area (TPSA) is 50.6 Å². The van der Waals surface area contributed by atoms with Crippen molar-refractivity contribution in [1.29, 1.82) is 5.26 Å². The van der Waals surface area contributed by atoms with E-state index in [4.69, 9.17) is 5.26 Å². The summed E-state index contributed by atoms with van der Waals surface area (Å²) in [6, 6.07) is 9.65. The van der Waals surface area contributed by atoms with E-state index in [0.717, 1.165) is 31.7 Å². The molecule has 24 heavy (non-hydrogen) atoms. The monoisotopic (exact) mass is 328 g/mol. The Kier molecular flexibility index (Phi) is 6.36. The third-order valence-corrected chi connectivity index (χ3v) is 4.79. The number of amides is 1. The summed E-state index contributed by atoms with van der Waals surface area (Å²) in [4.78, 5) is 19.5. The first-order chi connectivity index (χ1) is 11.4. The summed E-state index contributed by atoms with van der Waals surface area (Å²) in [5, 5.41) is 8.90. The molecular formula is C19H28N4O. The number of nitriles is 1. The molecule has 0 unspecified atom stereocenters. The van der Waals surface area contributed by atoms with Gasteiger partial charge in [0.15, 0.2) is 0 Å². The molecule has 1 fully saturated rings. The lowest BCUT2D eigenvalue weighted by Crippen LogP contribution is -2.54. The maximum atomic E-state index is 13.0. The van der Waals surface area contributed by atoms with Crippen molar-refractivity contribution in [3.8, 4) is 6.07 Å². The van der Waals surface area contributed by atoms with Crippen LogP contribution in [0.5, 0.6) is 0 Å². The molecule has 1 atom stereocenters. The van der Waals surface area contributed by atoms with Crippen LogP contribution in [0.3, 0.4) is 0 Å². The van der Waals surface area contributed by atoms with E-state index >= 15 is 0 Å². The van der Waals surface area contributed by atoms with Crippen LogP contribution in [0, 0.1) is 11.3 Å². The van der Waals surface area contributed by atoms with Crippen molar-refractivity contribution in [2.75, 3.05) is 33.2 Å². The minimum absolute atomic E-state index is 0.0977. The second-order valence-electron chi connectivity index (χ2n) is 6.88. The highest BCUT2D eigenvalue weighted by Crippen LogP contribution is 2.14. The SMILES string of the molecule is CC(C)N(Cc1ccc(C#N)cc1)C(=O)[C@H](C)N1CCN(C)CC1. The number of carbonyl (C=O) groups excluding carboxylic acids is 1. The molecule has 1 heterocycles. The van der Waals surface area contributed by atoms with Gasteiger partial charge in [-0.25, -0.2) is 0 Å². The first-order valence-electron chi connectivity index (χ1n) is 8.64. The van der Waals surface area contributed by atoms with E-state index in [1.807, 2.05) is 36.1 Å². The molecule has 0 spiro atoms. The van der Waals surface area contributed by atoms with Crippen molar-refractivity contribution in [2.45, 2.75) is 39.4 Å². The maximum absolute atomic E-state index is 13.0. The summed E-state index contributed by atoms with van der Waals surface area (Å²) >= 11 is 0. The molecule has 1 aromatic rings. The fourth-order valence-corrected chi connectivity index (χ4v) is 3.00. The zero-order valence-corrected chi connectivity index (χ0v) is 15.2. The number of carbonyl (C=O) groups is 1. The van der Waals surface area contributed by atoms with Gasteiger partial charge in [0, 0.05) is 38.8 Å². The first kappa shape index (κ1) is 18.4. The molecular weight excluding hydrogens is 300 g/mol. The molecule has 1 aliphatic heterocycles. The maximum Gasteiger partial charge on any atom is 0.240 e. The summed E-state index contributed by atoms with van der Waals surface area (Å²) in [5.74, 6) is 0.180. The Hall–Kier alpha value is -1.90. The third kappa shape index (κ3) is 4.56. The number of likely N-dealkylation sites (N-methyl/N-ethyl adjacent to an activating group) is 1. The molecule has 130 valence electrons. The molecule has 0 bridgehead atoms. The number of benzene rings is 1. The quantitative estimate of drug-likeness (QED) is 0.829. The highest BCUT2D eigenvalue weighted by Gasteiger charge is 2.29. The highest BCUT2D eigenvalue weighted by atomic mass is 16.2. The normalized spacial score (nSPS) is 17.5. The molecule has 1 aliphatic rings. The van der Waals surface area contributed by atoms with Crippen LogP contribution in [0.15, 0.2) is 24.3 Å². The molecule has 1 aromatic carbocycles. The fourth-order valence-electron chi connectivity index (χ4n) is 3.00. The van der Waals surface area contributed by atoms with Gasteiger partial charge in [-0.05, 0) is 45.5 Å². The summed E-state index contributed by atoms with van der Waals surface area (Å²) in [7, 11) is 2.12. The largest absolute Gasteiger partial charge is 0.335 e. The highest BCUT2D eigenvalue weighted by molar-refractivity contribution is 5.81. The van der Waals surface area contributed by atoms with Gasteiger partial charge in [0.05, 0.1) is 17.7 Å². The van der Waals surface area contributed by atoms with Crippen molar-refractivity contribution in [3.63, 3.8) is 0 Å². The van der Waals surface area contributed by atoms with Crippen molar-refractivity contribution in [1.82, 2.24) is 14.7 Å². The Bertz CT molecular complexity index is 582. The lowest BCUT2D eigenvalue weighted by atomic mass is 10.1. The number of piperazine rings is 1. The molecule has 1 saturated heterocycles. The van der Waals surface area contributed by atoms with E-state index in [2.05, 4.69) is 36.8 Å². The number of nitrogens with zero attached hydrogens (tertiary/aromatic N) is 4. The van der Waals surface area contributed by atoms with Crippen LogP contribution in [-0.2, 0) is 11.3 Å². The van der Waals surface area contributed by atoms with Gasteiger partial charge in [-0.2, -0.15) is 5.26 Å². The Morgan fingerprint density at radius 2 is 1.75 bits per heavy atom. The smallest absolute Gasteiger partial charge is 0.240 e. The molecule has 0 aromatic heterocycles. The first-order valence-corrected chi connectivity index (χ1v) is 8.64. The Morgan fingerprint density at radius 1 is 1.17 bits per heavy atom. The predicted octanol–water partition coefficient (Wildman–Crippen LogP) is 1.93. The third-order valence-electron chi connectivity index (χ3n) is 4.79. The van der Waals surface area contributed by atoms with E-state index in [9.17, 15) is 4.79 Å². The summed E-state index contributed by atoms with van der Waals surface area (Å²) < 4.78 is 0. The van der Waals surface area contributed by atoms with E-state index in [-0.39, 0.29) is 18.0 Å². The average Bonchev–Trinajstić information content (AvgIpc) is 2.59. The van der Waals surface area contributed by atoms with E-state index < -0.39 is 0 Å². The van der Waals surface area contributed by atoms with E-state index in [1.54, 1.807) is 0 Å². The standard InChI is InChI=1S/C19H28N4O/c1-15(2)23(14-18-7-5-17(13-20)6-8-18)19(24)16(3)22-11-9-21(4)10-12-22/h5-8,15-16H,9-12,14H2,1-4H3/t16-/m0/s1. The number of hydrogen-bond donors (Lipinski definition) is 0. The molecule has 0 N–H and O–H groups in total. The van der Waals surface area contributed by atoms with E-state index in [1.165, 1.54) is 0 Å². The van der Waals surface area contributed by atoms with Crippen molar-refractivity contribution in [3.05, 3.63) is 35.4 Å². The average molecular weight is 328 g/mol. The second kappa shape index (κ2) is 8.27. The fraction of sp³-hybridized carbons (Fsp3) is 0.579. The van der Waals surface area contributed by atoms with Gasteiger partial charge in [-0.15, -0.1) is 0 Å². The summed E-state index contributed by atoms with van der Waals surface area (Å²) in [6.07, 6.45) is 0. The van der Waals surface area contributed by atoms with Gasteiger partial charge in [0.1, 0.15) is 0 Å². The van der Waals surface area contributed by atoms with Crippen LogP contribution in [0.2, 0.25) is 0 Å². The van der Waals surface area contributed by atoms with Crippen LogP contribution in [0.1, 0.15) is 31.9 Å². The minimum Gasteiger partial charge on any atom is -0.335 e. The molecule has 0 saturated carbocycles.